The monoisotopic (exact) mass is 562 g/mol. The molecule has 1 saturated heterocycles. The normalized spacial score (nSPS) is 13.5. The first-order valence-electron chi connectivity index (χ1n) is 14.3. The number of aromatic nitrogens is 3. The minimum Gasteiger partial charge on any atom is -0.457 e. The van der Waals surface area contributed by atoms with Gasteiger partial charge in [-0.3, -0.25) is 0 Å². The molecule has 2 aromatic heterocycles. The van der Waals surface area contributed by atoms with E-state index in [0.29, 0.717) is 49.3 Å². The van der Waals surface area contributed by atoms with Crippen molar-refractivity contribution in [2.24, 2.45) is 5.92 Å². The molecule has 9 heteroatoms. The number of amides is 2. The molecule has 0 radical (unpaired) electrons. The standard InChI is InChI=1S/C33H34N6O3/c1-22(2)19-28-35-31(38-15-17-39(18-16-38)33(40)34-25-11-7-9-23(3)20-25)29-30(37-42-32(29)36-28)24-10-8-14-27(21-24)41-26-12-5-4-6-13-26/h4-14,20-22H,15-19H2,1-3H3,(H,34,40). The highest BCUT2D eigenvalue weighted by Crippen LogP contribution is 2.36. The van der Waals surface area contributed by atoms with Crippen LogP contribution < -0.4 is 15.0 Å². The molecule has 1 aliphatic heterocycles. The Morgan fingerprint density at radius 2 is 1.69 bits per heavy atom. The van der Waals surface area contributed by atoms with E-state index < -0.39 is 0 Å². The number of hydrogen-bond donors (Lipinski definition) is 1. The lowest BCUT2D eigenvalue weighted by molar-refractivity contribution is 0.208. The Kier molecular flexibility index (Phi) is 7.72. The number of piperazine rings is 1. The van der Waals surface area contributed by atoms with Gasteiger partial charge in [0.25, 0.3) is 5.71 Å². The molecule has 3 aromatic carbocycles. The summed E-state index contributed by atoms with van der Waals surface area (Å²) in [7, 11) is 0. The zero-order valence-corrected chi connectivity index (χ0v) is 24.1. The van der Waals surface area contributed by atoms with Gasteiger partial charge in [0.1, 0.15) is 34.2 Å². The van der Waals surface area contributed by atoms with Gasteiger partial charge in [0.2, 0.25) is 0 Å². The second-order valence-corrected chi connectivity index (χ2v) is 11.0. The molecule has 9 nitrogen and oxygen atoms in total. The van der Waals surface area contributed by atoms with Gasteiger partial charge in [-0.2, -0.15) is 4.98 Å². The Bertz CT molecular complexity index is 1690. The lowest BCUT2D eigenvalue weighted by Gasteiger charge is -2.35. The highest BCUT2D eigenvalue weighted by atomic mass is 16.5. The molecule has 0 aliphatic carbocycles. The van der Waals surface area contributed by atoms with E-state index in [2.05, 4.69) is 29.2 Å². The topological polar surface area (TPSA) is 96.6 Å². The van der Waals surface area contributed by atoms with Crippen molar-refractivity contribution in [3.8, 4) is 22.8 Å². The third-order valence-corrected chi connectivity index (χ3v) is 7.18. The maximum absolute atomic E-state index is 13.0. The summed E-state index contributed by atoms with van der Waals surface area (Å²) in [6.07, 6.45) is 0.720. The summed E-state index contributed by atoms with van der Waals surface area (Å²) < 4.78 is 11.9. The van der Waals surface area contributed by atoms with Gasteiger partial charge in [-0.1, -0.05) is 61.5 Å². The number of hydrogen-bond acceptors (Lipinski definition) is 7. The number of ether oxygens (including phenoxy) is 1. The number of carbonyl (C=O) groups is 1. The summed E-state index contributed by atoms with van der Waals surface area (Å²) >= 11 is 0. The highest BCUT2D eigenvalue weighted by Gasteiger charge is 2.27. The molecule has 1 N–H and O–H groups in total. The molecule has 2 amide bonds. The van der Waals surface area contributed by atoms with Gasteiger partial charge in [0.05, 0.1) is 0 Å². The van der Waals surface area contributed by atoms with Crippen LogP contribution >= 0.6 is 0 Å². The molecule has 0 spiro atoms. The van der Waals surface area contributed by atoms with Crippen LogP contribution in [0.5, 0.6) is 11.5 Å². The van der Waals surface area contributed by atoms with Crippen molar-refractivity contribution in [3.63, 3.8) is 0 Å². The average Bonchev–Trinajstić information content (AvgIpc) is 3.41. The number of fused-ring (bicyclic) bond motifs is 1. The fourth-order valence-corrected chi connectivity index (χ4v) is 5.14. The van der Waals surface area contributed by atoms with E-state index in [9.17, 15) is 4.79 Å². The number of carbonyl (C=O) groups excluding carboxylic acids is 1. The molecular weight excluding hydrogens is 528 g/mol. The number of benzene rings is 3. The molecule has 1 fully saturated rings. The van der Waals surface area contributed by atoms with Gasteiger partial charge in [-0.15, -0.1) is 0 Å². The SMILES string of the molecule is Cc1cccc(NC(=O)N2CCN(c3nc(CC(C)C)nc4onc(-c5cccc(Oc6ccccc6)c5)c34)CC2)c1. The van der Waals surface area contributed by atoms with E-state index in [0.717, 1.165) is 46.0 Å². The summed E-state index contributed by atoms with van der Waals surface area (Å²) in [4.78, 5) is 26.8. The van der Waals surface area contributed by atoms with E-state index in [4.69, 9.17) is 19.2 Å². The van der Waals surface area contributed by atoms with Crippen molar-refractivity contribution < 1.29 is 14.1 Å². The number of aryl methyl sites for hydroxylation is 1. The van der Waals surface area contributed by atoms with Gasteiger partial charge >= 0.3 is 6.03 Å². The van der Waals surface area contributed by atoms with Crippen LogP contribution in [0.3, 0.4) is 0 Å². The number of nitrogens with zero attached hydrogens (tertiary/aromatic N) is 5. The number of nitrogens with one attached hydrogen (secondary N) is 1. The zero-order valence-electron chi connectivity index (χ0n) is 24.1. The Balaban J connectivity index is 1.28. The number of para-hydroxylation sites is 1. The predicted octanol–water partition coefficient (Wildman–Crippen LogP) is 6.94. The van der Waals surface area contributed by atoms with E-state index >= 15 is 0 Å². The third kappa shape index (κ3) is 6.05. The number of anilines is 2. The third-order valence-electron chi connectivity index (χ3n) is 7.18. The molecule has 0 unspecified atom stereocenters. The molecule has 6 rings (SSSR count). The molecule has 214 valence electrons. The maximum atomic E-state index is 13.0. The molecule has 3 heterocycles. The lowest BCUT2D eigenvalue weighted by atomic mass is 10.1. The van der Waals surface area contributed by atoms with E-state index in [1.807, 2.05) is 90.7 Å². The maximum Gasteiger partial charge on any atom is 0.321 e. The Morgan fingerprint density at radius 1 is 0.929 bits per heavy atom. The highest BCUT2D eigenvalue weighted by molar-refractivity contribution is 5.98. The first-order valence-corrected chi connectivity index (χ1v) is 14.3. The van der Waals surface area contributed by atoms with Crippen molar-refractivity contribution in [2.45, 2.75) is 27.2 Å². The first kappa shape index (κ1) is 27.3. The van der Waals surface area contributed by atoms with Crippen LogP contribution in [0.1, 0.15) is 25.2 Å². The first-order chi connectivity index (χ1) is 20.4. The van der Waals surface area contributed by atoms with Crippen molar-refractivity contribution in [2.75, 3.05) is 36.4 Å². The van der Waals surface area contributed by atoms with Crippen LogP contribution in [-0.2, 0) is 6.42 Å². The Hall–Kier alpha value is -4.92. The van der Waals surface area contributed by atoms with Gasteiger partial charge in [0.15, 0.2) is 0 Å². The minimum atomic E-state index is -0.102. The zero-order chi connectivity index (χ0) is 29.1. The van der Waals surface area contributed by atoms with Gasteiger partial charge in [-0.05, 0) is 54.8 Å². The van der Waals surface area contributed by atoms with Crippen LogP contribution in [0.15, 0.2) is 83.4 Å². The van der Waals surface area contributed by atoms with Crippen LogP contribution in [-0.4, -0.2) is 52.2 Å². The molecule has 0 bridgehead atoms. The summed E-state index contributed by atoms with van der Waals surface area (Å²) in [5.74, 6) is 3.33. The number of rotatable bonds is 7. The Morgan fingerprint density at radius 3 is 2.45 bits per heavy atom. The summed E-state index contributed by atoms with van der Waals surface area (Å²) in [5, 5.41) is 8.24. The molecule has 42 heavy (non-hydrogen) atoms. The molecule has 0 saturated carbocycles. The van der Waals surface area contributed by atoms with Crippen LogP contribution in [0.2, 0.25) is 0 Å². The van der Waals surface area contributed by atoms with Crippen molar-refractivity contribution in [1.29, 1.82) is 0 Å². The molecule has 0 atom stereocenters. The summed E-state index contributed by atoms with van der Waals surface area (Å²) in [6.45, 7) is 8.65. The van der Waals surface area contributed by atoms with Gasteiger partial charge < -0.3 is 24.4 Å². The fraction of sp³-hybridized carbons (Fsp3) is 0.273. The van der Waals surface area contributed by atoms with Crippen molar-refractivity contribution in [3.05, 3.63) is 90.3 Å². The van der Waals surface area contributed by atoms with Crippen molar-refractivity contribution >= 4 is 28.6 Å². The van der Waals surface area contributed by atoms with E-state index in [1.54, 1.807) is 0 Å². The molecular formula is C33H34N6O3. The van der Waals surface area contributed by atoms with Gasteiger partial charge in [0, 0.05) is 43.9 Å². The second kappa shape index (κ2) is 11.9. The van der Waals surface area contributed by atoms with E-state index in [-0.39, 0.29) is 6.03 Å². The minimum absolute atomic E-state index is 0.102. The predicted molar refractivity (Wildman–Crippen MR) is 164 cm³/mol. The average molecular weight is 563 g/mol. The summed E-state index contributed by atoms with van der Waals surface area (Å²) in [6, 6.07) is 25.2. The van der Waals surface area contributed by atoms with Crippen molar-refractivity contribution in [1.82, 2.24) is 20.0 Å². The van der Waals surface area contributed by atoms with Crippen LogP contribution in [0.25, 0.3) is 22.4 Å². The number of urea groups is 1. The van der Waals surface area contributed by atoms with E-state index in [1.165, 1.54) is 0 Å². The second-order valence-electron chi connectivity index (χ2n) is 11.0. The molecule has 5 aromatic rings. The molecule has 1 aliphatic rings. The van der Waals surface area contributed by atoms with Crippen LogP contribution in [0, 0.1) is 12.8 Å². The van der Waals surface area contributed by atoms with Crippen LogP contribution in [0.4, 0.5) is 16.3 Å². The quantitative estimate of drug-likeness (QED) is 0.230. The Labute approximate surface area is 245 Å². The van der Waals surface area contributed by atoms with Gasteiger partial charge in [-0.25, -0.2) is 9.78 Å². The largest absolute Gasteiger partial charge is 0.457 e. The lowest BCUT2D eigenvalue weighted by Crippen LogP contribution is -2.50. The summed E-state index contributed by atoms with van der Waals surface area (Å²) in [5.41, 5.74) is 3.86. The smallest absolute Gasteiger partial charge is 0.321 e. The fourth-order valence-electron chi connectivity index (χ4n) is 5.14.